The molecule has 0 fully saturated rings. The molecule has 0 aliphatic carbocycles. The van der Waals surface area contributed by atoms with Crippen molar-refractivity contribution in [1.29, 1.82) is 0 Å². The standard InChI is InChI=1S/C18H19N3OS/c1-18(2,3)14-9-7-13(8-10-14)17-20-15(22-21-17)12-23-16-6-4-5-11-19-16/h4-11H,12H2,1-3H3. The lowest BCUT2D eigenvalue weighted by Crippen LogP contribution is -2.10. The number of thioether (sulfide) groups is 1. The molecule has 0 amide bonds. The number of aromatic nitrogens is 3. The van der Waals surface area contributed by atoms with Crippen LogP contribution in [0.2, 0.25) is 0 Å². The molecule has 0 aliphatic rings. The van der Waals surface area contributed by atoms with E-state index >= 15 is 0 Å². The Bertz CT molecular complexity index is 761. The van der Waals surface area contributed by atoms with Crippen molar-refractivity contribution in [2.24, 2.45) is 0 Å². The molecule has 0 N–H and O–H groups in total. The molecule has 0 saturated heterocycles. The summed E-state index contributed by atoms with van der Waals surface area (Å²) in [5.74, 6) is 1.85. The van der Waals surface area contributed by atoms with Crippen LogP contribution < -0.4 is 0 Å². The first-order valence-electron chi connectivity index (χ1n) is 7.50. The highest BCUT2D eigenvalue weighted by Crippen LogP contribution is 2.26. The summed E-state index contributed by atoms with van der Waals surface area (Å²) in [6, 6.07) is 14.2. The average molecular weight is 325 g/mol. The molecule has 0 radical (unpaired) electrons. The van der Waals surface area contributed by atoms with Gasteiger partial charge in [0.1, 0.15) is 0 Å². The van der Waals surface area contributed by atoms with Crippen molar-refractivity contribution in [3.63, 3.8) is 0 Å². The number of nitrogens with zero attached hydrogens (tertiary/aromatic N) is 3. The van der Waals surface area contributed by atoms with Crippen molar-refractivity contribution in [2.75, 3.05) is 0 Å². The normalized spacial score (nSPS) is 11.6. The van der Waals surface area contributed by atoms with Crippen LogP contribution in [-0.4, -0.2) is 15.1 Å². The van der Waals surface area contributed by atoms with E-state index in [2.05, 4.69) is 48.0 Å². The summed E-state index contributed by atoms with van der Waals surface area (Å²) in [5.41, 5.74) is 2.40. The minimum atomic E-state index is 0.139. The first-order valence-corrected chi connectivity index (χ1v) is 8.48. The Morgan fingerprint density at radius 2 is 1.83 bits per heavy atom. The maximum Gasteiger partial charge on any atom is 0.237 e. The average Bonchev–Trinajstić information content (AvgIpc) is 3.02. The molecule has 0 saturated carbocycles. The Labute approximate surface area is 140 Å². The Kier molecular flexibility index (Phi) is 4.48. The minimum Gasteiger partial charge on any atom is -0.338 e. The molecule has 118 valence electrons. The fraction of sp³-hybridized carbons (Fsp3) is 0.278. The van der Waals surface area contributed by atoms with Crippen molar-refractivity contribution in [1.82, 2.24) is 15.1 Å². The van der Waals surface area contributed by atoms with Crippen LogP contribution >= 0.6 is 11.8 Å². The van der Waals surface area contributed by atoms with Gasteiger partial charge in [-0.15, -0.1) is 0 Å². The zero-order chi connectivity index (χ0) is 16.3. The van der Waals surface area contributed by atoms with Crippen LogP contribution in [0.25, 0.3) is 11.4 Å². The van der Waals surface area contributed by atoms with Crippen LogP contribution in [0.4, 0.5) is 0 Å². The van der Waals surface area contributed by atoms with Gasteiger partial charge in [-0.05, 0) is 23.1 Å². The number of benzene rings is 1. The van der Waals surface area contributed by atoms with Gasteiger partial charge in [0.15, 0.2) is 0 Å². The third-order valence-electron chi connectivity index (χ3n) is 3.46. The van der Waals surface area contributed by atoms with Crippen LogP contribution in [0.1, 0.15) is 32.2 Å². The molecule has 0 spiro atoms. The summed E-state index contributed by atoms with van der Waals surface area (Å²) in [6.07, 6.45) is 1.78. The molecule has 1 aromatic carbocycles. The smallest absolute Gasteiger partial charge is 0.237 e. The lowest BCUT2D eigenvalue weighted by molar-refractivity contribution is 0.391. The summed E-state index contributed by atoms with van der Waals surface area (Å²) in [5, 5.41) is 5.02. The molecule has 5 heteroatoms. The molecule has 3 aromatic rings. The number of hydrogen-bond acceptors (Lipinski definition) is 5. The molecule has 0 unspecified atom stereocenters. The molecular formula is C18H19N3OS. The Morgan fingerprint density at radius 1 is 1.04 bits per heavy atom. The molecule has 23 heavy (non-hydrogen) atoms. The number of pyridine rings is 1. The van der Waals surface area contributed by atoms with Gasteiger partial charge in [-0.2, -0.15) is 4.98 Å². The summed E-state index contributed by atoms with van der Waals surface area (Å²) in [6.45, 7) is 6.59. The van der Waals surface area contributed by atoms with Crippen LogP contribution in [0.5, 0.6) is 0 Å². The second-order valence-electron chi connectivity index (χ2n) is 6.30. The van der Waals surface area contributed by atoms with Crippen molar-refractivity contribution in [3.05, 3.63) is 60.1 Å². The van der Waals surface area contributed by atoms with E-state index in [0.717, 1.165) is 10.6 Å². The first-order chi connectivity index (χ1) is 11.0. The zero-order valence-electron chi connectivity index (χ0n) is 13.5. The Morgan fingerprint density at radius 3 is 2.48 bits per heavy atom. The van der Waals surface area contributed by atoms with Crippen molar-refractivity contribution in [3.8, 4) is 11.4 Å². The van der Waals surface area contributed by atoms with Crippen molar-refractivity contribution < 1.29 is 4.52 Å². The van der Waals surface area contributed by atoms with E-state index in [1.54, 1.807) is 18.0 Å². The zero-order valence-corrected chi connectivity index (χ0v) is 14.3. The second kappa shape index (κ2) is 6.54. The molecule has 0 aliphatic heterocycles. The van der Waals surface area contributed by atoms with E-state index in [-0.39, 0.29) is 5.41 Å². The molecule has 0 atom stereocenters. The molecule has 0 bridgehead atoms. The van der Waals surface area contributed by atoms with Crippen LogP contribution in [-0.2, 0) is 11.2 Å². The third kappa shape index (κ3) is 3.99. The van der Waals surface area contributed by atoms with E-state index in [1.807, 2.05) is 30.3 Å². The quantitative estimate of drug-likeness (QED) is 0.650. The highest BCUT2D eigenvalue weighted by atomic mass is 32.2. The predicted octanol–water partition coefficient (Wildman–Crippen LogP) is 4.72. The van der Waals surface area contributed by atoms with E-state index in [0.29, 0.717) is 17.5 Å². The van der Waals surface area contributed by atoms with Gasteiger partial charge in [0.05, 0.1) is 10.8 Å². The van der Waals surface area contributed by atoms with Gasteiger partial charge in [-0.25, -0.2) is 4.98 Å². The number of rotatable bonds is 4. The summed E-state index contributed by atoms with van der Waals surface area (Å²) in [4.78, 5) is 8.73. The minimum absolute atomic E-state index is 0.139. The third-order valence-corrected chi connectivity index (χ3v) is 4.39. The fourth-order valence-corrected chi connectivity index (χ4v) is 2.82. The van der Waals surface area contributed by atoms with Gasteiger partial charge in [-0.1, -0.05) is 68.0 Å². The van der Waals surface area contributed by atoms with Gasteiger partial charge in [0.25, 0.3) is 0 Å². The summed E-state index contributed by atoms with van der Waals surface area (Å²) in [7, 11) is 0. The highest BCUT2D eigenvalue weighted by Gasteiger charge is 2.14. The van der Waals surface area contributed by atoms with Gasteiger partial charge in [-0.3, -0.25) is 0 Å². The molecule has 3 rings (SSSR count). The molecule has 2 heterocycles. The lowest BCUT2D eigenvalue weighted by atomic mass is 9.87. The van der Waals surface area contributed by atoms with Crippen molar-refractivity contribution in [2.45, 2.75) is 37.0 Å². The van der Waals surface area contributed by atoms with Gasteiger partial charge >= 0.3 is 0 Å². The monoisotopic (exact) mass is 325 g/mol. The van der Waals surface area contributed by atoms with Gasteiger partial charge in [0.2, 0.25) is 11.7 Å². The topological polar surface area (TPSA) is 51.8 Å². The van der Waals surface area contributed by atoms with Gasteiger partial charge in [0, 0.05) is 11.8 Å². The maximum atomic E-state index is 5.33. The lowest BCUT2D eigenvalue weighted by Gasteiger charge is -2.18. The molecular weight excluding hydrogens is 306 g/mol. The van der Waals surface area contributed by atoms with E-state index in [1.165, 1.54) is 5.56 Å². The van der Waals surface area contributed by atoms with E-state index in [4.69, 9.17) is 4.52 Å². The fourth-order valence-electron chi connectivity index (χ4n) is 2.12. The molecule has 4 nitrogen and oxygen atoms in total. The molecule has 2 aromatic heterocycles. The largest absolute Gasteiger partial charge is 0.338 e. The SMILES string of the molecule is CC(C)(C)c1ccc(-c2noc(CSc3ccccn3)n2)cc1. The van der Waals surface area contributed by atoms with Crippen LogP contribution in [0.3, 0.4) is 0 Å². The van der Waals surface area contributed by atoms with Crippen LogP contribution in [0, 0.1) is 0 Å². The predicted molar refractivity (Wildman–Crippen MR) is 92.2 cm³/mol. The second-order valence-corrected chi connectivity index (χ2v) is 7.29. The van der Waals surface area contributed by atoms with Crippen molar-refractivity contribution >= 4 is 11.8 Å². The van der Waals surface area contributed by atoms with E-state index in [9.17, 15) is 0 Å². The van der Waals surface area contributed by atoms with Gasteiger partial charge < -0.3 is 4.52 Å². The van der Waals surface area contributed by atoms with E-state index < -0.39 is 0 Å². The highest BCUT2D eigenvalue weighted by molar-refractivity contribution is 7.98. The number of hydrogen-bond donors (Lipinski definition) is 0. The first kappa shape index (κ1) is 15.7. The van der Waals surface area contributed by atoms with Crippen LogP contribution in [0.15, 0.2) is 58.2 Å². The Hall–Kier alpha value is -2.14. The Balaban J connectivity index is 1.69. The summed E-state index contributed by atoms with van der Waals surface area (Å²) < 4.78 is 5.33. The summed E-state index contributed by atoms with van der Waals surface area (Å²) >= 11 is 1.58. The maximum absolute atomic E-state index is 5.33.